The van der Waals surface area contributed by atoms with Crippen LogP contribution in [0.5, 0.6) is 0 Å². The molecule has 0 aliphatic carbocycles. The van der Waals surface area contributed by atoms with Crippen LogP contribution in [0.2, 0.25) is 0 Å². The quantitative estimate of drug-likeness (QED) is 0.548. The van der Waals surface area contributed by atoms with E-state index >= 15 is 0 Å². The number of rotatable bonds is 3. The van der Waals surface area contributed by atoms with Crippen molar-refractivity contribution in [1.82, 2.24) is 0 Å². The van der Waals surface area contributed by atoms with Gasteiger partial charge in [-0.2, -0.15) is 0 Å². The third-order valence-corrected chi connectivity index (χ3v) is 2.33. The molecule has 0 radical (unpaired) electrons. The van der Waals surface area contributed by atoms with Crippen LogP contribution in [0.3, 0.4) is 0 Å². The van der Waals surface area contributed by atoms with Crippen molar-refractivity contribution in [3.63, 3.8) is 0 Å². The van der Waals surface area contributed by atoms with Gasteiger partial charge in [-0.05, 0) is 36.9 Å². The fourth-order valence-corrected chi connectivity index (χ4v) is 1.58. The summed E-state index contributed by atoms with van der Waals surface area (Å²) < 4.78 is 4.75. The van der Waals surface area contributed by atoms with Gasteiger partial charge in [0.05, 0.1) is 6.61 Å². The highest BCUT2D eigenvalue weighted by molar-refractivity contribution is 7.10. The summed E-state index contributed by atoms with van der Waals surface area (Å²) in [5.41, 5.74) is 1.05. The molecule has 1 aromatic rings. The maximum Gasteiger partial charge on any atom is 0.330 e. The lowest BCUT2D eigenvalue weighted by Gasteiger charge is -1.93. The molecule has 3 heteroatoms. The first kappa shape index (κ1) is 9.99. The third-order valence-electron chi connectivity index (χ3n) is 1.45. The van der Waals surface area contributed by atoms with Crippen molar-refractivity contribution in [2.45, 2.75) is 13.8 Å². The van der Waals surface area contributed by atoms with Gasteiger partial charge in [-0.15, -0.1) is 11.3 Å². The second kappa shape index (κ2) is 4.82. The third kappa shape index (κ3) is 3.42. The van der Waals surface area contributed by atoms with Crippen molar-refractivity contribution >= 4 is 23.4 Å². The van der Waals surface area contributed by atoms with E-state index in [1.54, 1.807) is 24.3 Å². The van der Waals surface area contributed by atoms with Gasteiger partial charge in [-0.3, -0.25) is 0 Å². The molecule has 1 rings (SSSR count). The first-order chi connectivity index (χ1) is 6.22. The predicted molar refractivity (Wildman–Crippen MR) is 54.7 cm³/mol. The molecule has 2 nitrogen and oxygen atoms in total. The summed E-state index contributed by atoms with van der Waals surface area (Å²) in [6.07, 6.45) is 3.21. The van der Waals surface area contributed by atoms with E-state index in [1.807, 2.05) is 18.4 Å². The second-order valence-corrected chi connectivity index (χ2v) is 3.69. The van der Waals surface area contributed by atoms with Crippen LogP contribution in [0.15, 0.2) is 17.5 Å². The van der Waals surface area contributed by atoms with Crippen molar-refractivity contribution in [1.29, 1.82) is 0 Å². The zero-order valence-electron chi connectivity index (χ0n) is 7.74. The van der Waals surface area contributed by atoms with E-state index in [0.717, 1.165) is 5.56 Å². The Balaban J connectivity index is 2.53. The largest absolute Gasteiger partial charge is 0.463 e. The number of carbonyl (C=O) groups excluding carboxylic acids is 1. The molecule has 0 bridgehead atoms. The van der Waals surface area contributed by atoms with Gasteiger partial charge < -0.3 is 4.74 Å². The Kier molecular flexibility index (Phi) is 3.71. The highest BCUT2D eigenvalue weighted by atomic mass is 32.1. The monoisotopic (exact) mass is 196 g/mol. The molecule has 70 valence electrons. The average Bonchev–Trinajstić information content (AvgIpc) is 2.49. The summed E-state index contributed by atoms with van der Waals surface area (Å²) in [7, 11) is 0. The minimum atomic E-state index is -0.286. The maximum atomic E-state index is 10.9. The number of esters is 1. The van der Waals surface area contributed by atoms with Gasteiger partial charge in [0.15, 0.2) is 0 Å². The van der Waals surface area contributed by atoms with Gasteiger partial charge in [0.25, 0.3) is 0 Å². The Morgan fingerprint density at radius 1 is 1.69 bits per heavy atom. The Morgan fingerprint density at radius 2 is 2.46 bits per heavy atom. The van der Waals surface area contributed by atoms with Gasteiger partial charge in [-0.25, -0.2) is 4.79 Å². The smallest absolute Gasteiger partial charge is 0.330 e. The summed E-state index contributed by atoms with van der Waals surface area (Å²) in [4.78, 5) is 12.2. The molecule has 13 heavy (non-hydrogen) atoms. The molecule has 0 aliphatic heterocycles. The molecule has 0 unspecified atom stereocenters. The summed E-state index contributed by atoms with van der Waals surface area (Å²) in [5, 5.41) is 2.01. The number of aryl methyl sites for hydroxylation is 1. The maximum absolute atomic E-state index is 10.9. The normalized spacial score (nSPS) is 10.6. The molecule has 0 amide bonds. The van der Waals surface area contributed by atoms with E-state index < -0.39 is 0 Å². The highest BCUT2D eigenvalue weighted by Crippen LogP contribution is 2.14. The fraction of sp³-hybridized carbons (Fsp3) is 0.300. The number of carbonyl (C=O) groups is 1. The summed E-state index contributed by atoms with van der Waals surface area (Å²) in [5.74, 6) is -0.286. The highest BCUT2D eigenvalue weighted by Gasteiger charge is 1.94. The lowest BCUT2D eigenvalue weighted by Crippen LogP contribution is -1.98. The van der Waals surface area contributed by atoms with E-state index in [2.05, 4.69) is 0 Å². The molecule has 1 heterocycles. The fourth-order valence-electron chi connectivity index (χ4n) is 0.906. The summed E-state index contributed by atoms with van der Waals surface area (Å²) >= 11 is 1.67. The number of hydrogen-bond acceptors (Lipinski definition) is 3. The summed E-state index contributed by atoms with van der Waals surface area (Å²) in [6.45, 7) is 4.25. The second-order valence-electron chi connectivity index (χ2n) is 2.58. The number of hydrogen-bond donors (Lipinski definition) is 0. The topological polar surface area (TPSA) is 26.3 Å². The minimum Gasteiger partial charge on any atom is -0.463 e. The van der Waals surface area contributed by atoms with Crippen LogP contribution in [-0.4, -0.2) is 12.6 Å². The first-order valence-corrected chi connectivity index (χ1v) is 5.00. The van der Waals surface area contributed by atoms with Crippen molar-refractivity contribution in [3.05, 3.63) is 28.0 Å². The number of ether oxygens (including phenoxy) is 1. The van der Waals surface area contributed by atoms with Gasteiger partial charge in [0.2, 0.25) is 0 Å². The van der Waals surface area contributed by atoms with E-state index in [9.17, 15) is 4.79 Å². The SMILES string of the molecule is CCOC(=O)C=Cc1csc(C)c1. The minimum absolute atomic E-state index is 0.286. The van der Waals surface area contributed by atoms with Gasteiger partial charge in [-0.1, -0.05) is 0 Å². The molecule has 0 saturated carbocycles. The Hall–Kier alpha value is -1.09. The molecule has 0 N–H and O–H groups in total. The standard InChI is InChI=1S/C10H12O2S/c1-3-12-10(11)5-4-9-6-8(2)13-7-9/h4-7H,3H2,1-2H3. The molecule has 0 fully saturated rings. The van der Waals surface area contributed by atoms with Crippen LogP contribution < -0.4 is 0 Å². The van der Waals surface area contributed by atoms with E-state index in [0.29, 0.717) is 6.61 Å². The molecular weight excluding hydrogens is 184 g/mol. The average molecular weight is 196 g/mol. The van der Waals surface area contributed by atoms with Gasteiger partial charge >= 0.3 is 5.97 Å². The van der Waals surface area contributed by atoms with Crippen molar-refractivity contribution < 1.29 is 9.53 Å². The summed E-state index contributed by atoms with van der Waals surface area (Å²) in [6, 6.07) is 2.03. The van der Waals surface area contributed by atoms with Crippen LogP contribution in [0.4, 0.5) is 0 Å². The van der Waals surface area contributed by atoms with Gasteiger partial charge in [0.1, 0.15) is 0 Å². The van der Waals surface area contributed by atoms with E-state index in [4.69, 9.17) is 4.74 Å². The molecule has 0 aliphatic rings. The van der Waals surface area contributed by atoms with Crippen LogP contribution >= 0.6 is 11.3 Å². The molecule has 1 aromatic heterocycles. The Labute approximate surface area is 81.8 Å². The zero-order chi connectivity index (χ0) is 9.68. The predicted octanol–water partition coefficient (Wildman–Crippen LogP) is 2.63. The molecule has 0 spiro atoms. The lowest BCUT2D eigenvalue weighted by atomic mass is 10.3. The molecule has 0 aromatic carbocycles. The molecule has 0 atom stereocenters. The van der Waals surface area contributed by atoms with Crippen LogP contribution in [0, 0.1) is 6.92 Å². The van der Waals surface area contributed by atoms with Crippen LogP contribution in [0.25, 0.3) is 6.08 Å². The van der Waals surface area contributed by atoms with Crippen molar-refractivity contribution in [2.24, 2.45) is 0 Å². The first-order valence-electron chi connectivity index (χ1n) is 4.12. The van der Waals surface area contributed by atoms with Crippen molar-refractivity contribution in [2.75, 3.05) is 6.61 Å². The Morgan fingerprint density at radius 3 is 3.00 bits per heavy atom. The zero-order valence-corrected chi connectivity index (χ0v) is 8.56. The van der Waals surface area contributed by atoms with Gasteiger partial charge in [0, 0.05) is 11.0 Å². The van der Waals surface area contributed by atoms with E-state index in [-0.39, 0.29) is 5.97 Å². The lowest BCUT2D eigenvalue weighted by molar-refractivity contribution is -0.137. The van der Waals surface area contributed by atoms with Crippen LogP contribution in [0.1, 0.15) is 17.4 Å². The Bertz CT molecular complexity index is 312. The molecular formula is C10H12O2S. The van der Waals surface area contributed by atoms with E-state index in [1.165, 1.54) is 11.0 Å². The van der Waals surface area contributed by atoms with Crippen LogP contribution in [-0.2, 0) is 9.53 Å². The number of thiophene rings is 1. The van der Waals surface area contributed by atoms with Crippen molar-refractivity contribution in [3.8, 4) is 0 Å². The molecule has 0 saturated heterocycles.